The van der Waals surface area contributed by atoms with Gasteiger partial charge in [-0.3, -0.25) is 0 Å². The smallest absolute Gasteiger partial charge is 0.422 e. The van der Waals surface area contributed by atoms with Gasteiger partial charge >= 0.3 is 6.18 Å². The highest BCUT2D eigenvalue weighted by Crippen LogP contribution is 2.20. The maximum Gasteiger partial charge on any atom is 0.422 e. The summed E-state index contributed by atoms with van der Waals surface area (Å²) in [6.45, 7) is 1.89. The number of hydrogen-bond donors (Lipinski definition) is 0. The van der Waals surface area contributed by atoms with Gasteiger partial charge in [-0.15, -0.1) is 0 Å². The monoisotopic (exact) mass is 207 g/mol. The summed E-state index contributed by atoms with van der Waals surface area (Å²) in [6, 6.07) is 3.35. The van der Waals surface area contributed by atoms with Gasteiger partial charge in [-0.05, 0) is 18.6 Å². The van der Waals surface area contributed by atoms with E-state index < -0.39 is 18.6 Å². The van der Waals surface area contributed by atoms with E-state index in [2.05, 4.69) is 11.7 Å². The molecule has 0 saturated heterocycles. The molecule has 1 nitrogen and oxygen atoms in total. The van der Waals surface area contributed by atoms with Crippen molar-refractivity contribution in [2.24, 2.45) is 0 Å². The molecule has 5 heteroatoms. The number of halogens is 4. The van der Waals surface area contributed by atoms with Crippen molar-refractivity contribution in [2.45, 2.75) is 6.18 Å². The van der Waals surface area contributed by atoms with Gasteiger partial charge in [0.1, 0.15) is 11.6 Å². The Kier molecular flexibility index (Phi) is 2.98. The van der Waals surface area contributed by atoms with Crippen molar-refractivity contribution in [1.29, 1.82) is 0 Å². The van der Waals surface area contributed by atoms with Crippen molar-refractivity contribution < 1.29 is 22.3 Å². The van der Waals surface area contributed by atoms with Crippen molar-refractivity contribution in [1.82, 2.24) is 0 Å². The molecule has 0 aliphatic heterocycles. The Morgan fingerprint density at radius 1 is 1.29 bits per heavy atom. The van der Waals surface area contributed by atoms with Gasteiger partial charge in [0.2, 0.25) is 0 Å². The van der Waals surface area contributed by atoms with Crippen LogP contribution in [0.4, 0.5) is 17.6 Å². The highest BCUT2D eigenvalue weighted by molar-refractivity contribution is 5.30. The maximum absolute atomic E-state index is 12.8. The van der Waals surface area contributed by atoms with E-state index in [-0.39, 0.29) is 11.3 Å². The van der Waals surface area contributed by atoms with Gasteiger partial charge in [-0.1, -0.05) is 6.07 Å². The summed E-state index contributed by atoms with van der Waals surface area (Å²) in [5, 5.41) is 0. The lowest BCUT2D eigenvalue weighted by molar-refractivity contribution is -0.153. The molecule has 0 saturated carbocycles. The zero-order valence-corrected chi connectivity index (χ0v) is 7.07. The molecule has 1 rings (SSSR count). The average molecular weight is 207 g/mol. The largest absolute Gasteiger partial charge is 0.484 e. The number of rotatable bonds is 2. The number of benzene rings is 1. The summed E-state index contributed by atoms with van der Waals surface area (Å²) in [4.78, 5) is 0. The highest BCUT2D eigenvalue weighted by atomic mass is 19.4. The van der Waals surface area contributed by atoms with Crippen LogP contribution in [0.25, 0.3) is 0 Å². The standard InChI is InChI=1S/C9H7F4O/c1-6-2-3-7(4-8(6)10)14-5-9(11,12)13/h2-4H,1,5H2. The lowest BCUT2D eigenvalue weighted by Gasteiger charge is -2.09. The first-order valence-electron chi connectivity index (χ1n) is 3.69. The first-order chi connectivity index (χ1) is 6.38. The fraction of sp³-hybridized carbons (Fsp3) is 0.222. The van der Waals surface area contributed by atoms with E-state index in [1.165, 1.54) is 12.1 Å². The molecule has 77 valence electrons. The molecule has 0 amide bonds. The predicted octanol–water partition coefficient (Wildman–Crippen LogP) is 2.95. The van der Waals surface area contributed by atoms with Gasteiger partial charge in [-0.2, -0.15) is 13.2 Å². The fourth-order valence-corrected chi connectivity index (χ4v) is 0.783. The molecule has 0 fully saturated rings. The van der Waals surface area contributed by atoms with Crippen LogP contribution in [0.15, 0.2) is 18.2 Å². The van der Waals surface area contributed by atoms with Crippen LogP contribution in [0.2, 0.25) is 0 Å². The summed E-state index contributed by atoms with van der Waals surface area (Å²) < 4.78 is 52.2. The first kappa shape index (κ1) is 10.8. The molecule has 0 aliphatic rings. The average Bonchev–Trinajstić information content (AvgIpc) is 2.06. The van der Waals surface area contributed by atoms with Gasteiger partial charge in [0.15, 0.2) is 6.61 Å². The molecule has 0 bridgehead atoms. The fourth-order valence-electron chi connectivity index (χ4n) is 0.783. The molecule has 0 aromatic heterocycles. The first-order valence-corrected chi connectivity index (χ1v) is 3.69. The highest BCUT2D eigenvalue weighted by Gasteiger charge is 2.28. The SMILES string of the molecule is [CH2]c1ccc(OCC(F)(F)F)cc1F. The van der Waals surface area contributed by atoms with Crippen LogP contribution in [0.5, 0.6) is 5.75 Å². The van der Waals surface area contributed by atoms with Crippen LogP contribution in [0.1, 0.15) is 5.56 Å². The zero-order chi connectivity index (χ0) is 10.8. The Morgan fingerprint density at radius 2 is 1.93 bits per heavy atom. The maximum atomic E-state index is 12.8. The molecular weight excluding hydrogens is 200 g/mol. The molecule has 14 heavy (non-hydrogen) atoms. The second-order valence-electron chi connectivity index (χ2n) is 2.66. The summed E-state index contributed by atoms with van der Waals surface area (Å²) in [6.07, 6.45) is -4.42. The van der Waals surface area contributed by atoms with E-state index in [1.54, 1.807) is 0 Å². The minimum Gasteiger partial charge on any atom is -0.484 e. The molecular formula is C9H7F4O. The van der Waals surface area contributed by atoms with Crippen LogP contribution < -0.4 is 4.74 Å². The Bertz CT molecular complexity index is 319. The van der Waals surface area contributed by atoms with E-state index in [9.17, 15) is 17.6 Å². The second kappa shape index (κ2) is 3.86. The van der Waals surface area contributed by atoms with E-state index in [0.29, 0.717) is 0 Å². The molecule has 0 aliphatic carbocycles. The van der Waals surface area contributed by atoms with Crippen LogP contribution >= 0.6 is 0 Å². The number of hydrogen-bond acceptors (Lipinski definition) is 1. The Morgan fingerprint density at radius 3 is 2.43 bits per heavy atom. The predicted molar refractivity (Wildman–Crippen MR) is 42.4 cm³/mol. The molecule has 1 aromatic rings. The lowest BCUT2D eigenvalue weighted by atomic mass is 10.2. The Hall–Kier alpha value is -1.26. The summed E-state index contributed by atoms with van der Waals surface area (Å²) >= 11 is 0. The third-order valence-electron chi connectivity index (χ3n) is 1.43. The van der Waals surface area contributed by atoms with Crippen LogP contribution in [0, 0.1) is 12.7 Å². The summed E-state index contributed by atoms with van der Waals surface area (Å²) in [5.41, 5.74) is 0.115. The summed E-state index contributed by atoms with van der Waals surface area (Å²) in [5.74, 6) is -0.850. The van der Waals surface area contributed by atoms with E-state index >= 15 is 0 Å². The molecule has 1 radical (unpaired) electrons. The quantitative estimate of drug-likeness (QED) is 0.677. The van der Waals surface area contributed by atoms with E-state index in [4.69, 9.17) is 0 Å². The van der Waals surface area contributed by atoms with Crippen molar-refractivity contribution in [3.8, 4) is 5.75 Å². The van der Waals surface area contributed by atoms with E-state index in [0.717, 1.165) is 6.07 Å². The zero-order valence-electron chi connectivity index (χ0n) is 7.07. The minimum atomic E-state index is -4.42. The van der Waals surface area contributed by atoms with Gasteiger partial charge in [0.25, 0.3) is 0 Å². The Balaban J connectivity index is 2.65. The van der Waals surface area contributed by atoms with Crippen molar-refractivity contribution in [3.63, 3.8) is 0 Å². The molecule has 0 unspecified atom stereocenters. The number of ether oxygens (including phenoxy) is 1. The number of alkyl halides is 3. The molecule has 0 heterocycles. The van der Waals surface area contributed by atoms with Gasteiger partial charge in [-0.25, -0.2) is 4.39 Å². The molecule has 0 N–H and O–H groups in total. The molecule has 0 spiro atoms. The van der Waals surface area contributed by atoms with Crippen LogP contribution in [0.3, 0.4) is 0 Å². The lowest BCUT2D eigenvalue weighted by Crippen LogP contribution is -2.19. The normalized spacial score (nSPS) is 11.5. The van der Waals surface area contributed by atoms with E-state index in [1.807, 2.05) is 0 Å². The second-order valence-corrected chi connectivity index (χ2v) is 2.66. The molecule has 0 atom stereocenters. The van der Waals surface area contributed by atoms with Crippen LogP contribution in [-0.2, 0) is 0 Å². The van der Waals surface area contributed by atoms with Gasteiger partial charge in [0.05, 0.1) is 0 Å². The van der Waals surface area contributed by atoms with Crippen molar-refractivity contribution in [2.75, 3.05) is 6.61 Å². The van der Waals surface area contributed by atoms with Gasteiger partial charge < -0.3 is 4.74 Å². The molecule has 1 aromatic carbocycles. The van der Waals surface area contributed by atoms with Crippen LogP contribution in [-0.4, -0.2) is 12.8 Å². The Labute approximate surface area is 78.3 Å². The third kappa shape index (κ3) is 3.24. The van der Waals surface area contributed by atoms with Crippen molar-refractivity contribution in [3.05, 3.63) is 36.5 Å². The van der Waals surface area contributed by atoms with Crippen molar-refractivity contribution >= 4 is 0 Å². The summed E-state index contributed by atoms with van der Waals surface area (Å²) in [7, 11) is 0. The van der Waals surface area contributed by atoms with Gasteiger partial charge in [0, 0.05) is 6.07 Å². The third-order valence-corrected chi connectivity index (χ3v) is 1.43. The topological polar surface area (TPSA) is 9.23 Å². The minimum absolute atomic E-state index is 0.115.